The second-order valence-corrected chi connectivity index (χ2v) is 5.91. The van der Waals surface area contributed by atoms with Crippen molar-refractivity contribution in [3.63, 3.8) is 0 Å². The van der Waals surface area contributed by atoms with E-state index in [0.717, 1.165) is 18.4 Å². The van der Waals surface area contributed by atoms with Crippen LogP contribution in [0.3, 0.4) is 0 Å². The fourth-order valence-electron chi connectivity index (χ4n) is 2.06. The number of hydrogen-bond acceptors (Lipinski definition) is 2. The van der Waals surface area contributed by atoms with Crippen LogP contribution >= 0.6 is 0 Å². The minimum absolute atomic E-state index is 0.0759. The maximum absolute atomic E-state index is 12.5. The van der Waals surface area contributed by atoms with Crippen molar-refractivity contribution in [2.75, 3.05) is 0 Å². The Morgan fingerprint density at radius 3 is 2.33 bits per heavy atom. The second-order valence-electron chi connectivity index (χ2n) is 5.91. The number of amides is 1. The summed E-state index contributed by atoms with van der Waals surface area (Å²) in [5.74, 6) is 0.107. The molecule has 18 heavy (non-hydrogen) atoms. The Bertz CT molecular complexity index is 433. The molecule has 3 nitrogen and oxygen atoms in total. The molecular weight excluding hydrogens is 224 g/mol. The van der Waals surface area contributed by atoms with Crippen LogP contribution in [0.2, 0.25) is 0 Å². The zero-order chi connectivity index (χ0) is 13.4. The van der Waals surface area contributed by atoms with Crippen molar-refractivity contribution < 1.29 is 4.79 Å². The van der Waals surface area contributed by atoms with Gasteiger partial charge in [0, 0.05) is 11.6 Å². The molecule has 0 heterocycles. The number of hydrogen-bond donors (Lipinski definition) is 2. The minimum atomic E-state index is -0.374. The molecule has 1 unspecified atom stereocenters. The lowest BCUT2D eigenvalue weighted by atomic mass is 9.91. The molecule has 1 aliphatic rings. The summed E-state index contributed by atoms with van der Waals surface area (Å²) in [4.78, 5) is 12.5. The average Bonchev–Trinajstić information content (AvgIpc) is 3.10. The highest BCUT2D eigenvalue weighted by Crippen LogP contribution is 2.48. The number of nitrogens with two attached hydrogens (primary N) is 1. The fraction of sp³-hybridized carbons (Fsp3) is 0.533. The Morgan fingerprint density at radius 1 is 1.33 bits per heavy atom. The number of rotatable bonds is 4. The first-order chi connectivity index (χ1) is 8.38. The van der Waals surface area contributed by atoms with E-state index < -0.39 is 0 Å². The van der Waals surface area contributed by atoms with Crippen molar-refractivity contribution in [2.45, 2.75) is 50.6 Å². The van der Waals surface area contributed by atoms with Gasteiger partial charge in [-0.05, 0) is 39.2 Å². The van der Waals surface area contributed by atoms with Gasteiger partial charge in [0.2, 0.25) is 5.91 Å². The zero-order valence-corrected chi connectivity index (χ0v) is 11.4. The molecule has 0 bridgehead atoms. The number of nitrogens with one attached hydrogen (secondary N) is 1. The first kappa shape index (κ1) is 13.1. The summed E-state index contributed by atoms with van der Waals surface area (Å²) in [5.41, 5.74) is 6.33. The number of carbonyl (C=O) groups is 1. The predicted octanol–water partition coefficient (Wildman–Crippen LogP) is 1.96. The van der Waals surface area contributed by atoms with Crippen molar-refractivity contribution in [3.05, 3.63) is 35.9 Å². The lowest BCUT2D eigenvalue weighted by Crippen LogP contribution is -2.56. The molecule has 1 amide bonds. The highest BCUT2D eigenvalue weighted by molar-refractivity contribution is 5.91. The predicted molar refractivity (Wildman–Crippen MR) is 73.2 cm³/mol. The molecule has 1 aliphatic carbocycles. The molecule has 1 aromatic rings. The first-order valence-electron chi connectivity index (χ1n) is 6.52. The Hall–Kier alpha value is -1.35. The van der Waals surface area contributed by atoms with Gasteiger partial charge in [-0.1, -0.05) is 30.3 Å². The van der Waals surface area contributed by atoms with Crippen molar-refractivity contribution in [1.29, 1.82) is 0 Å². The zero-order valence-electron chi connectivity index (χ0n) is 11.4. The van der Waals surface area contributed by atoms with Crippen LogP contribution in [0.5, 0.6) is 0 Å². The van der Waals surface area contributed by atoms with Gasteiger partial charge in [0.15, 0.2) is 0 Å². The van der Waals surface area contributed by atoms with E-state index in [0.29, 0.717) is 0 Å². The van der Waals surface area contributed by atoms with Crippen molar-refractivity contribution in [3.8, 4) is 0 Å². The summed E-state index contributed by atoms with van der Waals surface area (Å²) in [6.45, 7) is 5.86. The highest BCUT2D eigenvalue weighted by Gasteiger charge is 2.52. The van der Waals surface area contributed by atoms with Gasteiger partial charge in [0.1, 0.15) is 0 Å². The second kappa shape index (κ2) is 4.39. The van der Waals surface area contributed by atoms with Crippen molar-refractivity contribution in [1.82, 2.24) is 5.32 Å². The van der Waals surface area contributed by atoms with Crippen molar-refractivity contribution in [2.24, 2.45) is 5.73 Å². The smallest absolute Gasteiger partial charge is 0.231 e. The molecule has 3 N–H and O–H groups in total. The minimum Gasteiger partial charge on any atom is -0.349 e. The standard InChI is InChI=1S/C15H22N2O/c1-11(16)14(2,3)17-13(18)15(9-10-15)12-7-5-4-6-8-12/h4-8,11H,9-10,16H2,1-3H3,(H,17,18). The number of benzene rings is 1. The van der Waals surface area contributed by atoms with Gasteiger partial charge >= 0.3 is 0 Å². The van der Waals surface area contributed by atoms with Crippen LogP contribution in [-0.4, -0.2) is 17.5 Å². The molecule has 0 radical (unpaired) electrons. The van der Waals surface area contributed by atoms with E-state index in [1.165, 1.54) is 0 Å². The molecule has 2 rings (SSSR count). The lowest BCUT2D eigenvalue weighted by Gasteiger charge is -2.32. The van der Waals surface area contributed by atoms with Crippen LogP contribution < -0.4 is 11.1 Å². The third kappa shape index (κ3) is 2.27. The van der Waals surface area contributed by atoms with Gasteiger partial charge in [-0.3, -0.25) is 4.79 Å². The maximum Gasteiger partial charge on any atom is 0.231 e. The Kier molecular flexibility index (Phi) is 3.20. The molecule has 1 saturated carbocycles. The Balaban J connectivity index is 2.15. The summed E-state index contributed by atoms with van der Waals surface area (Å²) in [6.07, 6.45) is 1.86. The van der Waals surface area contributed by atoms with Crippen LogP contribution in [0.1, 0.15) is 39.2 Å². The van der Waals surface area contributed by atoms with E-state index >= 15 is 0 Å². The summed E-state index contributed by atoms with van der Waals surface area (Å²) in [6, 6.07) is 9.94. The van der Waals surface area contributed by atoms with Gasteiger partial charge in [0.05, 0.1) is 5.41 Å². The average molecular weight is 246 g/mol. The van der Waals surface area contributed by atoms with E-state index in [9.17, 15) is 4.79 Å². The van der Waals surface area contributed by atoms with Gasteiger partial charge in [-0.25, -0.2) is 0 Å². The van der Waals surface area contributed by atoms with Gasteiger partial charge < -0.3 is 11.1 Å². The summed E-state index contributed by atoms with van der Waals surface area (Å²) in [7, 11) is 0. The van der Waals surface area contributed by atoms with E-state index in [2.05, 4.69) is 5.32 Å². The molecule has 1 atom stereocenters. The quantitative estimate of drug-likeness (QED) is 0.853. The van der Waals surface area contributed by atoms with Crippen LogP contribution in [-0.2, 0) is 10.2 Å². The SMILES string of the molecule is CC(N)C(C)(C)NC(=O)C1(c2ccccc2)CC1. The molecular formula is C15H22N2O. The molecule has 3 heteroatoms. The van der Waals surface area contributed by atoms with Crippen LogP contribution in [0.25, 0.3) is 0 Å². The molecule has 98 valence electrons. The van der Waals surface area contributed by atoms with E-state index in [1.54, 1.807) is 0 Å². The van der Waals surface area contributed by atoms with Crippen molar-refractivity contribution >= 4 is 5.91 Å². The highest BCUT2D eigenvalue weighted by atomic mass is 16.2. The molecule has 0 aliphatic heterocycles. The summed E-state index contributed by atoms with van der Waals surface area (Å²) >= 11 is 0. The van der Waals surface area contributed by atoms with Crippen LogP contribution in [0.15, 0.2) is 30.3 Å². The monoisotopic (exact) mass is 246 g/mol. The maximum atomic E-state index is 12.5. The van der Waals surface area contributed by atoms with Gasteiger partial charge in [0.25, 0.3) is 0 Å². The molecule has 0 spiro atoms. The summed E-state index contributed by atoms with van der Waals surface area (Å²) < 4.78 is 0. The van der Waals surface area contributed by atoms with Gasteiger partial charge in [-0.15, -0.1) is 0 Å². The number of carbonyl (C=O) groups excluding carboxylic acids is 1. The third-order valence-electron chi connectivity index (χ3n) is 4.09. The largest absolute Gasteiger partial charge is 0.349 e. The molecule has 1 aromatic carbocycles. The van der Waals surface area contributed by atoms with E-state index in [-0.39, 0.29) is 22.9 Å². The molecule has 0 saturated heterocycles. The Morgan fingerprint density at radius 2 is 1.89 bits per heavy atom. The van der Waals surface area contributed by atoms with E-state index in [1.807, 2.05) is 51.1 Å². The Labute approximate surface area is 109 Å². The first-order valence-corrected chi connectivity index (χ1v) is 6.52. The van der Waals surface area contributed by atoms with Crippen LogP contribution in [0.4, 0.5) is 0 Å². The summed E-state index contributed by atoms with van der Waals surface area (Å²) in [5, 5.41) is 3.09. The fourth-order valence-corrected chi connectivity index (χ4v) is 2.06. The van der Waals surface area contributed by atoms with Gasteiger partial charge in [-0.2, -0.15) is 0 Å². The molecule has 0 aromatic heterocycles. The molecule has 1 fully saturated rings. The lowest BCUT2D eigenvalue weighted by molar-refractivity contribution is -0.125. The topological polar surface area (TPSA) is 55.1 Å². The van der Waals surface area contributed by atoms with Crippen LogP contribution in [0, 0.1) is 0 Å². The third-order valence-corrected chi connectivity index (χ3v) is 4.09. The van der Waals surface area contributed by atoms with E-state index in [4.69, 9.17) is 5.73 Å². The normalized spacial score (nSPS) is 19.1.